The standard InChI is InChI=1S/C20H23NO6/c1-23-12-8-14-19(15(9-12)24-2)13(10-18(22)21-14)11-6-16(25-3)20(27-5)17(7-11)26-4/h6-9,13H,10H2,1-5H3,(H,21,22)/t13-/m0/s1. The molecule has 0 bridgehead atoms. The van der Waals surface area contributed by atoms with E-state index in [4.69, 9.17) is 23.7 Å². The molecule has 0 aliphatic carbocycles. The lowest BCUT2D eigenvalue weighted by atomic mass is 9.83. The van der Waals surface area contributed by atoms with E-state index >= 15 is 0 Å². The van der Waals surface area contributed by atoms with Gasteiger partial charge in [-0.25, -0.2) is 0 Å². The number of ether oxygens (including phenoxy) is 5. The summed E-state index contributed by atoms with van der Waals surface area (Å²) in [5, 5.41) is 2.90. The molecule has 0 fully saturated rings. The Bertz CT molecular complexity index is 839. The molecule has 0 aromatic heterocycles. The first kappa shape index (κ1) is 18.7. The molecule has 1 aliphatic heterocycles. The van der Waals surface area contributed by atoms with Gasteiger partial charge in [0.1, 0.15) is 11.5 Å². The third kappa shape index (κ3) is 3.32. The summed E-state index contributed by atoms with van der Waals surface area (Å²) in [5.74, 6) is 2.50. The first-order chi connectivity index (χ1) is 13.1. The summed E-state index contributed by atoms with van der Waals surface area (Å²) in [6, 6.07) is 7.32. The van der Waals surface area contributed by atoms with Crippen molar-refractivity contribution in [2.75, 3.05) is 40.9 Å². The number of methoxy groups -OCH3 is 5. The minimum absolute atomic E-state index is 0.0865. The van der Waals surface area contributed by atoms with Gasteiger partial charge in [0.05, 0.1) is 41.2 Å². The maximum absolute atomic E-state index is 12.4. The Labute approximate surface area is 158 Å². The molecule has 27 heavy (non-hydrogen) atoms. The second-order valence-electron chi connectivity index (χ2n) is 6.05. The molecule has 1 heterocycles. The second kappa shape index (κ2) is 7.65. The van der Waals surface area contributed by atoms with E-state index in [1.165, 1.54) is 0 Å². The zero-order valence-corrected chi connectivity index (χ0v) is 16.0. The lowest BCUT2D eigenvalue weighted by molar-refractivity contribution is -0.116. The van der Waals surface area contributed by atoms with Crippen molar-refractivity contribution in [3.63, 3.8) is 0 Å². The summed E-state index contributed by atoms with van der Waals surface area (Å²) in [5.41, 5.74) is 2.41. The second-order valence-corrected chi connectivity index (χ2v) is 6.05. The largest absolute Gasteiger partial charge is 0.497 e. The quantitative estimate of drug-likeness (QED) is 0.838. The van der Waals surface area contributed by atoms with Gasteiger partial charge in [0.25, 0.3) is 0 Å². The third-order valence-electron chi connectivity index (χ3n) is 4.67. The number of carbonyl (C=O) groups excluding carboxylic acids is 1. The van der Waals surface area contributed by atoms with Crippen LogP contribution >= 0.6 is 0 Å². The van der Waals surface area contributed by atoms with Gasteiger partial charge in [-0.3, -0.25) is 4.79 Å². The zero-order chi connectivity index (χ0) is 19.6. The van der Waals surface area contributed by atoms with Gasteiger partial charge in [0.2, 0.25) is 11.7 Å². The molecule has 1 aliphatic rings. The number of anilines is 1. The monoisotopic (exact) mass is 373 g/mol. The van der Waals surface area contributed by atoms with Crippen LogP contribution < -0.4 is 29.0 Å². The maximum Gasteiger partial charge on any atom is 0.225 e. The van der Waals surface area contributed by atoms with Gasteiger partial charge in [-0.15, -0.1) is 0 Å². The average Bonchev–Trinajstić information content (AvgIpc) is 2.70. The number of nitrogens with one attached hydrogen (secondary N) is 1. The Morgan fingerprint density at radius 1 is 0.815 bits per heavy atom. The highest BCUT2D eigenvalue weighted by Crippen LogP contribution is 2.48. The number of hydrogen-bond acceptors (Lipinski definition) is 6. The Kier molecular flexibility index (Phi) is 5.30. The summed E-state index contributed by atoms with van der Waals surface area (Å²) in [6.45, 7) is 0. The molecular weight excluding hydrogens is 350 g/mol. The van der Waals surface area contributed by atoms with Crippen LogP contribution in [0.3, 0.4) is 0 Å². The fourth-order valence-corrected chi connectivity index (χ4v) is 3.43. The van der Waals surface area contributed by atoms with Crippen LogP contribution in [0.1, 0.15) is 23.5 Å². The third-order valence-corrected chi connectivity index (χ3v) is 4.67. The van der Waals surface area contributed by atoms with Crippen LogP contribution in [0, 0.1) is 0 Å². The summed E-state index contributed by atoms with van der Waals surface area (Å²) in [7, 11) is 7.85. The van der Waals surface area contributed by atoms with Gasteiger partial charge in [-0.05, 0) is 17.7 Å². The molecular formula is C20H23NO6. The molecule has 0 unspecified atom stereocenters. The van der Waals surface area contributed by atoms with Gasteiger partial charge in [-0.1, -0.05) is 0 Å². The van der Waals surface area contributed by atoms with Gasteiger partial charge in [0, 0.05) is 30.0 Å². The van der Waals surface area contributed by atoms with E-state index in [1.807, 2.05) is 12.1 Å². The van der Waals surface area contributed by atoms with Crippen molar-refractivity contribution < 1.29 is 28.5 Å². The molecule has 3 rings (SSSR count). The summed E-state index contributed by atoms with van der Waals surface area (Å²) >= 11 is 0. The van der Waals surface area contributed by atoms with Crippen LogP contribution in [-0.2, 0) is 4.79 Å². The first-order valence-electron chi connectivity index (χ1n) is 8.41. The molecule has 2 aromatic carbocycles. The van der Waals surface area contributed by atoms with Crippen LogP contribution in [0.4, 0.5) is 5.69 Å². The fourth-order valence-electron chi connectivity index (χ4n) is 3.43. The molecule has 0 spiro atoms. The smallest absolute Gasteiger partial charge is 0.225 e. The van der Waals surface area contributed by atoms with E-state index < -0.39 is 0 Å². The van der Waals surface area contributed by atoms with Crippen molar-refractivity contribution in [3.8, 4) is 28.7 Å². The van der Waals surface area contributed by atoms with Crippen LogP contribution in [-0.4, -0.2) is 41.5 Å². The van der Waals surface area contributed by atoms with E-state index in [0.717, 1.165) is 11.1 Å². The summed E-state index contributed by atoms with van der Waals surface area (Å²) < 4.78 is 27.2. The predicted molar refractivity (Wildman–Crippen MR) is 101 cm³/mol. The van der Waals surface area contributed by atoms with Crippen LogP contribution in [0.15, 0.2) is 24.3 Å². The number of hydrogen-bond donors (Lipinski definition) is 1. The molecule has 7 heteroatoms. The normalized spacial score (nSPS) is 15.4. The van der Waals surface area contributed by atoms with Crippen molar-refractivity contribution in [2.24, 2.45) is 0 Å². The molecule has 0 saturated carbocycles. The van der Waals surface area contributed by atoms with E-state index in [0.29, 0.717) is 34.4 Å². The Morgan fingerprint density at radius 2 is 1.44 bits per heavy atom. The number of amides is 1. The Balaban J connectivity index is 2.21. The average molecular weight is 373 g/mol. The van der Waals surface area contributed by atoms with E-state index in [-0.39, 0.29) is 18.2 Å². The highest BCUT2D eigenvalue weighted by atomic mass is 16.5. The minimum atomic E-state index is -0.233. The molecule has 1 amide bonds. The predicted octanol–water partition coefficient (Wildman–Crippen LogP) is 3.20. The molecule has 1 N–H and O–H groups in total. The van der Waals surface area contributed by atoms with Crippen molar-refractivity contribution in [3.05, 3.63) is 35.4 Å². The first-order valence-corrected chi connectivity index (χ1v) is 8.41. The molecule has 0 saturated heterocycles. The maximum atomic E-state index is 12.4. The highest BCUT2D eigenvalue weighted by molar-refractivity contribution is 5.96. The van der Waals surface area contributed by atoms with Gasteiger partial charge < -0.3 is 29.0 Å². The minimum Gasteiger partial charge on any atom is -0.497 e. The van der Waals surface area contributed by atoms with Crippen molar-refractivity contribution in [2.45, 2.75) is 12.3 Å². The van der Waals surface area contributed by atoms with Crippen molar-refractivity contribution >= 4 is 11.6 Å². The SMILES string of the molecule is COc1cc2c(c(OC)c1)[C@H](c1cc(OC)c(OC)c(OC)c1)CC(=O)N2. The van der Waals surface area contributed by atoms with Gasteiger partial charge >= 0.3 is 0 Å². The summed E-state index contributed by atoms with van der Waals surface area (Å²) in [6.07, 6.45) is 0.272. The van der Waals surface area contributed by atoms with E-state index in [2.05, 4.69) is 5.32 Å². The van der Waals surface area contributed by atoms with Crippen molar-refractivity contribution in [1.29, 1.82) is 0 Å². The molecule has 2 aromatic rings. The number of carbonyl (C=O) groups is 1. The number of benzene rings is 2. The Morgan fingerprint density at radius 3 is 1.96 bits per heavy atom. The number of rotatable bonds is 6. The molecule has 0 radical (unpaired) electrons. The van der Waals surface area contributed by atoms with Gasteiger partial charge in [-0.2, -0.15) is 0 Å². The highest BCUT2D eigenvalue weighted by Gasteiger charge is 2.32. The van der Waals surface area contributed by atoms with E-state index in [9.17, 15) is 4.79 Å². The lowest BCUT2D eigenvalue weighted by Gasteiger charge is -2.29. The topological polar surface area (TPSA) is 75.2 Å². The molecule has 1 atom stereocenters. The van der Waals surface area contributed by atoms with Crippen LogP contribution in [0.2, 0.25) is 0 Å². The van der Waals surface area contributed by atoms with E-state index in [1.54, 1.807) is 47.7 Å². The molecule has 144 valence electrons. The van der Waals surface area contributed by atoms with Crippen LogP contribution in [0.5, 0.6) is 28.7 Å². The molecule has 7 nitrogen and oxygen atoms in total. The number of fused-ring (bicyclic) bond motifs is 1. The van der Waals surface area contributed by atoms with Crippen molar-refractivity contribution in [1.82, 2.24) is 0 Å². The van der Waals surface area contributed by atoms with Gasteiger partial charge in [0.15, 0.2) is 11.5 Å². The van der Waals surface area contributed by atoms with Crippen LogP contribution in [0.25, 0.3) is 0 Å². The fraction of sp³-hybridized carbons (Fsp3) is 0.350. The summed E-state index contributed by atoms with van der Waals surface area (Å²) in [4.78, 5) is 12.4. The lowest BCUT2D eigenvalue weighted by Crippen LogP contribution is -2.24. The Hall–Kier alpha value is -3.09. The zero-order valence-electron chi connectivity index (χ0n) is 16.0.